The van der Waals surface area contributed by atoms with Crippen LogP contribution in [-0.4, -0.2) is 35.7 Å². The topological polar surface area (TPSA) is 80.4 Å². The first kappa shape index (κ1) is 19.2. The van der Waals surface area contributed by atoms with E-state index in [1.807, 2.05) is 34.6 Å². The average Bonchev–Trinajstić information content (AvgIpc) is 2.82. The van der Waals surface area contributed by atoms with Gasteiger partial charge in [0, 0.05) is 12.2 Å². The highest BCUT2D eigenvalue weighted by Crippen LogP contribution is 2.24. The lowest BCUT2D eigenvalue weighted by molar-refractivity contribution is 0.00622. The van der Waals surface area contributed by atoms with Gasteiger partial charge in [-0.05, 0) is 46.2 Å². The van der Waals surface area contributed by atoms with Gasteiger partial charge in [-0.2, -0.15) is 0 Å². The molecule has 6 nitrogen and oxygen atoms in total. The van der Waals surface area contributed by atoms with Gasteiger partial charge >= 0.3 is 11.9 Å². The maximum Gasteiger partial charge on any atom is 0.355 e. The van der Waals surface area contributed by atoms with Crippen LogP contribution in [0.4, 0.5) is 0 Å². The summed E-state index contributed by atoms with van der Waals surface area (Å²) in [6, 6.07) is 0. The van der Waals surface area contributed by atoms with Gasteiger partial charge in [-0.1, -0.05) is 13.8 Å². The number of aromatic amines is 1. The summed E-state index contributed by atoms with van der Waals surface area (Å²) in [5.41, 5.74) is 1.47. The second-order valence-electron chi connectivity index (χ2n) is 6.19. The summed E-state index contributed by atoms with van der Waals surface area (Å²) in [5, 5.41) is 3.16. The molecule has 2 N–H and O–H groups in total. The summed E-state index contributed by atoms with van der Waals surface area (Å²) in [6.07, 6.45) is 0.533. The number of hydrogen-bond donors (Lipinski definition) is 2. The fourth-order valence-electron chi connectivity index (χ4n) is 2.29. The molecule has 0 amide bonds. The number of nitrogens with one attached hydrogen (secondary N) is 2. The molecule has 0 fully saturated rings. The molecule has 0 aromatic carbocycles. The van der Waals surface area contributed by atoms with Crippen LogP contribution in [-0.2, 0) is 22.4 Å². The summed E-state index contributed by atoms with van der Waals surface area (Å²) >= 11 is 0. The van der Waals surface area contributed by atoms with Crippen LogP contribution in [0.2, 0.25) is 0 Å². The van der Waals surface area contributed by atoms with Crippen molar-refractivity contribution in [2.24, 2.45) is 0 Å². The largest absolute Gasteiger partial charge is 0.462 e. The number of H-pyrrole nitrogens is 1. The quantitative estimate of drug-likeness (QED) is 0.754. The van der Waals surface area contributed by atoms with Crippen LogP contribution in [0.25, 0.3) is 0 Å². The number of aromatic nitrogens is 1. The predicted octanol–water partition coefficient (Wildman–Crippen LogP) is 2.82. The van der Waals surface area contributed by atoms with Gasteiger partial charge in [0.1, 0.15) is 11.3 Å². The molecule has 0 radical (unpaired) electrons. The van der Waals surface area contributed by atoms with E-state index in [-0.39, 0.29) is 6.61 Å². The monoisotopic (exact) mass is 324 g/mol. The number of esters is 2. The Hall–Kier alpha value is -1.82. The Morgan fingerprint density at radius 3 is 2.26 bits per heavy atom. The standard InChI is InChI=1S/C17H28N2O4/c1-7-11-13(15(20)22-9-3)12(10-18-8-2)19-14(11)16(21)23-17(4,5)6/h18-19H,7-10H2,1-6H3. The van der Waals surface area contributed by atoms with Gasteiger partial charge < -0.3 is 19.8 Å². The number of carbonyl (C=O) groups is 2. The number of carbonyl (C=O) groups excluding carboxylic acids is 2. The van der Waals surface area contributed by atoms with Crippen LogP contribution in [0.1, 0.15) is 73.6 Å². The van der Waals surface area contributed by atoms with Crippen LogP contribution < -0.4 is 5.32 Å². The molecule has 1 aromatic rings. The molecule has 0 saturated heterocycles. The minimum absolute atomic E-state index is 0.287. The molecule has 0 atom stereocenters. The smallest absolute Gasteiger partial charge is 0.355 e. The van der Waals surface area contributed by atoms with Crippen molar-refractivity contribution in [2.45, 2.75) is 60.1 Å². The van der Waals surface area contributed by atoms with Gasteiger partial charge in [0.2, 0.25) is 0 Å². The Kier molecular flexibility index (Phi) is 6.81. The maximum atomic E-state index is 12.4. The van der Waals surface area contributed by atoms with Crippen molar-refractivity contribution in [3.05, 3.63) is 22.5 Å². The summed E-state index contributed by atoms with van der Waals surface area (Å²) in [5.74, 6) is -0.869. The zero-order valence-corrected chi connectivity index (χ0v) is 15.0. The van der Waals surface area contributed by atoms with Crippen molar-refractivity contribution in [1.29, 1.82) is 0 Å². The third-order valence-electron chi connectivity index (χ3n) is 3.17. The first-order valence-corrected chi connectivity index (χ1v) is 8.09. The van der Waals surface area contributed by atoms with E-state index in [0.717, 1.165) is 6.54 Å². The molecular weight excluding hydrogens is 296 g/mol. The van der Waals surface area contributed by atoms with E-state index in [1.54, 1.807) is 6.92 Å². The molecule has 6 heteroatoms. The van der Waals surface area contributed by atoms with Crippen LogP contribution in [0.3, 0.4) is 0 Å². The minimum Gasteiger partial charge on any atom is -0.462 e. The summed E-state index contributed by atoms with van der Waals surface area (Å²) in [4.78, 5) is 27.8. The van der Waals surface area contributed by atoms with Crippen LogP contribution in [0.15, 0.2) is 0 Å². The van der Waals surface area contributed by atoms with Crippen molar-refractivity contribution in [1.82, 2.24) is 10.3 Å². The Morgan fingerprint density at radius 1 is 1.13 bits per heavy atom. The van der Waals surface area contributed by atoms with Gasteiger partial charge in [-0.3, -0.25) is 0 Å². The Balaban J connectivity index is 3.30. The minimum atomic E-state index is -0.598. The fourth-order valence-corrected chi connectivity index (χ4v) is 2.29. The van der Waals surface area contributed by atoms with E-state index in [4.69, 9.17) is 9.47 Å². The highest BCUT2D eigenvalue weighted by molar-refractivity contribution is 5.98. The third-order valence-corrected chi connectivity index (χ3v) is 3.17. The van der Waals surface area contributed by atoms with Crippen molar-refractivity contribution in [3.63, 3.8) is 0 Å². The first-order valence-electron chi connectivity index (χ1n) is 8.09. The van der Waals surface area contributed by atoms with Gasteiger partial charge in [0.05, 0.1) is 12.2 Å². The zero-order valence-electron chi connectivity index (χ0n) is 15.0. The molecule has 23 heavy (non-hydrogen) atoms. The number of rotatable bonds is 7. The van der Waals surface area contributed by atoms with Crippen LogP contribution in [0, 0.1) is 0 Å². The zero-order chi connectivity index (χ0) is 17.6. The van der Waals surface area contributed by atoms with Crippen LogP contribution >= 0.6 is 0 Å². The molecule has 0 spiro atoms. The maximum absolute atomic E-state index is 12.4. The lowest BCUT2D eigenvalue weighted by Crippen LogP contribution is -2.24. The number of hydrogen-bond acceptors (Lipinski definition) is 5. The molecule has 0 aliphatic heterocycles. The SMILES string of the molecule is CCNCc1[nH]c(C(=O)OC(C)(C)C)c(CC)c1C(=O)OCC. The van der Waals surface area contributed by atoms with E-state index in [9.17, 15) is 9.59 Å². The van der Waals surface area contributed by atoms with Gasteiger partial charge in [0.25, 0.3) is 0 Å². The second-order valence-corrected chi connectivity index (χ2v) is 6.19. The molecule has 0 saturated carbocycles. The van der Waals surface area contributed by atoms with E-state index in [2.05, 4.69) is 10.3 Å². The fraction of sp³-hybridized carbons (Fsp3) is 0.647. The van der Waals surface area contributed by atoms with Gasteiger partial charge in [0.15, 0.2) is 0 Å². The molecule has 0 bridgehead atoms. The summed E-state index contributed by atoms with van der Waals surface area (Å²) in [6.45, 7) is 12.6. The van der Waals surface area contributed by atoms with Gasteiger partial charge in [-0.25, -0.2) is 9.59 Å². The molecule has 0 aliphatic rings. The first-order chi connectivity index (χ1) is 10.7. The number of ether oxygens (including phenoxy) is 2. The van der Waals surface area contributed by atoms with Crippen molar-refractivity contribution in [2.75, 3.05) is 13.2 Å². The van der Waals surface area contributed by atoms with Crippen molar-refractivity contribution < 1.29 is 19.1 Å². The average molecular weight is 324 g/mol. The summed E-state index contributed by atoms with van der Waals surface area (Å²) in [7, 11) is 0. The molecular formula is C17H28N2O4. The molecule has 130 valence electrons. The molecule has 1 heterocycles. The molecule has 1 aromatic heterocycles. The van der Waals surface area contributed by atoms with E-state index in [1.165, 1.54) is 0 Å². The highest BCUT2D eigenvalue weighted by atomic mass is 16.6. The molecule has 0 unspecified atom stereocenters. The van der Waals surface area contributed by atoms with Crippen molar-refractivity contribution >= 4 is 11.9 Å². The van der Waals surface area contributed by atoms with Crippen LogP contribution in [0.5, 0.6) is 0 Å². The highest BCUT2D eigenvalue weighted by Gasteiger charge is 2.28. The van der Waals surface area contributed by atoms with E-state index >= 15 is 0 Å². The summed E-state index contributed by atoms with van der Waals surface area (Å²) < 4.78 is 10.6. The Morgan fingerprint density at radius 2 is 1.78 bits per heavy atom. The molecule has 1 rings (SSSR count). The second kappa shape index (κ2) is 8.15. The lowest BCUT2D eigenvalue weighted by atomic mass is 10.1. The Bertz CT molecular complexity index is 556. The molecule has 0 aliphatic carbocycles. The lowest BCUT2D eigenvalue weighted by Gasteiger charge is -2.19. The predicted molar refractivity (Wildman–Crippen MR) is 88.7 cm³/mol. The third kappa shape index (κ3) is 5.10. The van der Waals surface area contributed by atoms with Gasteiger partial charge in [-0.15, -0.1) is 0 Å². The van der Waals surface area contributed by atoms with E-state index < -0.39 is 17.5 Å². The van der Waals surface area contributed by atoms with E-state index in [0.29, 0.717) is 35.5 Å². The van der Waals surface area contributed by atoms with Crippen molar-refractivity contribution in [3.8, 4) is 0 Å². The normalized spacial score (nSPS) is 11.4. The Labute approximate surface area is 137 Å².